The van der Waals surface area contributed by atoms with E-state index >= 15 is 0 Å². The number of rotatable bonds is 3. The maximum atomic E-state index is 12.4. The van der Waals surface area contributed by atoms with E-state index in [1.807, 2.05) is 0 Å². The van der Waals surface area contributed by atoms with Crippen LogP contribution in [0.3, 0.4) is 0 Å². The van der Waals surface area contributed by atoms with Crippen LogP contribution in [0.25, 0.3) is 0 Å². The molecule has 0 amide bonds. The van der Waals surface area contributed by atoms with Gasteiger partial charge in [0.25, 0.3) is 0 Å². The predicted octanol–water partition coefficient (Wildman–Crippen LogP) is 1.58. The minimum absolute atomic E-state index is 0.401. The number of alkyl halides is 3. The average molecular weight is 291 g/mol. The zero-order valence-corrected chi connectivity index (χ0v) is 9.30. The number of aromatic carboxylic acids is 1. The van der Waals surface area contributed by atoms with Crippen molar-refractivity contribution in [3.05, 3.63) is 16.3 Å². The van der Waals surface area contributed by atoms with Gasteiger partial charge in [0.2, 0.25) is 0 Å². The van der Waals surface area contributed by atoms with Gasteiger partial charge in [0.1, 0.15) is 4.88 Å². The van der Waals surface area contributed by atoms with E-state index in [-0.39, 0.29) is 0 Å². The molecule has 0 bridgehead atoms. The molecule has 17 heavy (non-hydrogen) atoms. The van der Waals surface area contributed by atoms with Crippen molar-refractivity contribution in [2.45, 2.75) is 6.30 Å². The van der Waals surface area contributed by atoms with E-state index in [0.29, 0.717) is 17.4 Å². The van der Waals surface area contributed by atoms with E-state index in [2.05, 4.69) is 0 Å². The highest BCUT2D eigenvalue weighted by Crippen LogP contribution is 2.36. The fourth-order valence-corrected chi connectivity index (χ4v) is 2.45. The van der Waals surface area contributed by atoms with E-state index < -0.39 is 37.4 Å². The Morgan fingerprint density at radius 3 is 2.29 bits per heavy atom. The minimum atomic E-state index is -5.65. The van der Waals surface area contributed by atoms with Crippen molar-refractivity contribution in [2.75, 3.05) is 4.31 Å². The molecule has 96 valence electrons. The highest BCUT2D eigenvalue weighted by atomic mass is 32.2. The van der Waals surface area contributed by atoms with Crippen LogP contribution in [0.2, 0.25) is 0 Å². The van der Waals surface area contributed by atoms with Gasteiger partial charge in [-0.1, -0.05) is 0 Å². The van der Waals surface area contributed by atoms with Crippen molar-refractivity contribution < 1.29 is 36.0 Å². The van der Waals surface area contributed by atoms with Gasteiger partial charge in [-0.05, 0) is 11.4 Å². The first-order valence-electron chi connectivity index (χ1n) is 3.70. The van der Waals surface area contributed by atoms with Crippen LogP contribution >= 0.6 is 11.3 Å². The summed E-state index contributed by atoms with van der Waals surface area (Å²) in [6, 6.07) is 0.634. The first kappa shape index (κ1) is 13.7. The van der Waals surface area contributed by atoms with Gasteiger partial charge in [-0.2, -0.15) is 12.7 Å². The smallest absolute Gasteiger partial charge is 0.477 e. The number of halogens is 3. The lowest BCUT2D eigenvalue weighted by atomic mass is 10.4. The molecule has 1 heterocycles. The second-order valence-electron chi connectivity index (χ2n) is 2.65. The second kappa shape index (κ2) is 4.16. The highest BCUT2D eigenvalue weighted by molar-refractivity contribution is 7.87. The number of carbonyl (C=O) groups is 1. The third-order valence-corrected chi connectivity index (χ3v) is 3.28. The molecule has 0 aliphatic rings. The minimum Gasteiger partial charge on any atom is -0.477 e. The Morgan fingerprint density at radius 1 is 1.41 bits per heavy atom. The van der Waals surface area contributed by atoms with Crippen LogP contribution in [0.5, 0.6) is 0 Å². The molecule has 1 rings (SSSR count). The number of thiophene rings is 1. The van der Waals surface area contributed by atoms with E-state index in [1.165, 1.54) is 0 Å². The average Bonchev–Trinajstić information content (AvgIpc) is 2.46. The predicted molar refractivity (Wildman–Crippen MR) is 51.4 cm³/mol. The van der Waals surface area contributed by atoms with Crippen LogP contribution < -0.4 is 4.31 Å². The van der Waals surface area contributed by atoms with Gasteiger partial charge in [-0.15, -0.1) is 24.5 Å². The summed E-state index contributed by atoms with van der Waals surface area (Å²) in [5, 5.41) is 9.54. The molecule has 0 atom stereocenters. The number of carboxylic acid groups (broad SMARTS) is 1. The summed E-state index contributed by atoms with van der Waals surface area (Å²) < 4.78 is 65.7. The van der Waals surface area contributed by atoms with E-state index in [4.69, 9.17) is 9.66 Å². The first-order valence-corrected chi connectivity index (χ1v) is 5.98. The van der Waals surface area contributed by atoms with Crippen molar-refractivity contribution in [1.82, 2.24) is 0 Å². The zero-order valence-electron chi connectivity index (χ0n) is 7.67. The summed E-state index contributed by atoms with van der Waals surface area (Å²) in [5.74, 6) is -1.73. The summed E-state index contributed by atoms with van der Waals surface area (Å²) in [7, 11) is -5.65. The SMILES string of the molecule is O=C(O)c1sccc1N(C(F)(F)F)S(=O)(=O)O. The summed E-state index contributed by atoms with van der Waals surface area (Å²) in [6.45, 7) is 0. The van der Waals surface area contributed by atoms with E-state index in [1.54, 1.807) is 0 Å². The molecule has 0 unspecified atom stereocenters. The summed E-state index contributed by atoms with van der Waals surface area (Å²) in [4.78, 5) is 9.73. The quantitative estimate of drug-likeness (QED) is 0.651. The molecule has 1 aromatic heterocycles. The van der Waals surface area contributed by atoms with Crippen LogP contribution in [0.4, 0.5) is 18.9 Å². The Morgan fingerprint density at radius 2 is 1.94 bits per heavy atom. The van der Waals surface area contributed by atoms with Crippen LogP contribution in [-0.4, -0.2) is 30.3 Å². The normalized spacial score (nSPS) is 12.5. The number of hydrogen-bond donors (Lipinski definition) is 2. The molecule has 1 aromatic rings. The second-order valence-corrected chi connectivity index (χ2v) is 4.83. The van der Waals surface area contributed by atoms with Gasteiger partial charge in [0.05, 0.1) is 5.69 Å². The third kappa shape index (κ3) is 2.87. The van der Waals surface area contributed by atoms with Crippen LogP contribution in [0.15, 0.2) is 11.4 Å². The Hall–Kier alpha value is -1.33. The van der Waals surface area contributed by atoms with Gasteiger partial charge >= 0.3 is 22.6 Å². The third-order valence-electron chi connectivity index (χ3n) is 1.52. The molecular weight excluding hydrogens is 287 g/mol. The molecule has 0 fully saturated rings. The molecule has 0 aliphatic heterocycles. The molecule has 0 radical (unpaired) electrons. The van der Waals surface area contributed by atoms with Crippen LogP contribution in [-0.2, 0) is 10.3 Å². The van der Waals surface area contributed by atoms with Gasteiger partial charge < -0.3 is 5.11 Å². The van der Waals surface area contributed by atoms with Gasteiger partial charge in [0, 0.05) is 0 Å². The molecule has 0 saturated carbocycles. The van der Waals surface area contributed by atoms with Gasteiger partial charge in [0.15, 0.2) is 0 Å². The molecular formula is C6H4F3NO5S2. The number of carboxylic acids is 1. The maximum absolute atomic E-state index is 12.4. The monoisotopic (exact) mass is 291 g/mol. The molecule has 0 spiro atoms. The molecule has 0 aliphatic carbocycles. The Kier molecular flexibility index (Phi) is 3.36. The van der Waals surface area contributed by atoms with Crippen molar-refractivity contribution >= 4 is 33.3 Å². The fraction of sp³-hybridized carbons (Fsp3) is 0.167. The lowest BCUT2D eigenvalue weighted by Gasteiger charge is -2.22. The van der Waals surface area contributed by atoms with Gasteiger partial charge in [-0.3, -0.25) is 4.55 Å². The van der Waals surface area contributed by atoms with Gasteiger partial charge in [-0.25, -0.2) is 4.79 Å². The van der Waals surface area contributed by atoms with Crippen LogP contribution in [0.1, 0.15) is 9.67 Å². The number of hydrogen-bond acceptors (Lipinski definition) is 4. The topological polar surface area (TPSA) is 94.9 Å². The van der Waals surface area contributed by atoms with E-state index in [9.17, 15) is 26.4 Å². The summed E-state index contributed by atoms with van der Waals surface area (Å²) in [5.41, 5.74) is -1.16. The Labute approximate surface area is 96.8 Å². The van der Waals surface area contributed by atoms with E-state index in [0.717, 1.165) is 5.38 Å². The zero-order chi connectivity index (χ0) is 13.4. The van der Waals surface area contributed by atoms with Crippen molar-refractivity contribution in [2.24, 2.45) is 0 Å². The molecule has 6 nitrogen and oxygen atoms in total. The lowest BCUT2D eigenvalue weighted by Crippen LogP contribution is -2.43. The van der Waals surface area contributed by atoms with Crippen molar-refractivity contribution in [3.8, 4) is 0 Å². The van der Waals surface area contributed by atoms with Crippen LogP contribution in [0, 0.1) is 0 Å². The number of nitrogens with zero attached hydrogens (tertiary/aromatic N) is 1. The summed E-state index contributed by atoms with van der Waals surface area (Å²) in [6.07, 6.45) is -5.46. The molecule has 0 saturated heterocycles. The Balaban J connectivity index is 3.45. The maximum Gasteiger partial charge on any atom is 0.500 e. The number of anilines is 1. The van der Waals surface area contributed by atoms with Crippen molar-refractivity contribution in [1.29, 1.82) is 0 Å². The fourth-order valence-electron chi connectivity index (χ4n) is 1.01. The summed E-state index contributed by atoms with van der Waals surface area (Å²) >= 11 is 0.401. The highest BCUT2D eigenvalue weighted by Gasteiger charge is 2.47. The first-order chi connectivity index (χ1) is 7.55. The van der Waals surface area contributed by atoms with Crippen molar-refractivity contribution in [3.63, 3.8) is 0 Å². The molecule has 0 aromatic carbocycles. The lowest BCUT2D eigenvalue weighted by molar-refractivity contribution is -0.116. The largest absolute Gasteiger partial charge is 0.500 e. The molecule has 2 N–H and O–H groups in total. The molecule has 11 heteroatoms. The Bertz CT molecular complexity index is 534. The standard InChI is InChI=1S/C6H4F3NO5S2/c7-6(8,9)10(17(13,14)15)3-1-2-16-4(3)5(11)12/h1-2H,(H,11,12)(H,13,14,15).